The first-order valence-corrected chi connectivity index (χ1v) is 8.78. The molecular weight excluding hydrogens is 390 g/mol. The number of hydrogen-bond acceptors (Lipinski definition) is 1. The van der Waals surface area contributed by atoms with Crippen LogP contribution in [-0.2, 0) is 0 Å². The summed E-state index contributed by atoms with van der Waals surface area (Å²) in [6.45, 7) is 9.53. The molecule has 0 saturated heterocycles. The maximum Gasteiger partial charge on any atom is 0.0590 e. The van der Waals surface area contributed by atoms with E-state index in [-0.39, 0.29) is 6.04 Å². The summed E-state index contributed by atoms with van der Waals surface area (Å²) in [5.74, 6) is 0. The van der Waals surface area contributed by atoms with Crippen LogP contribution in [0.1, 0.15) is 40.8 Å². The molecule has 1 atom stereocenters. The maximum atomic E-state index is 3.71. The molecule has 0 heterocycles. The van der Waals surface area contributed by atoms with E-state index in [1.54, 1.807) is 0 Å². The Morgan fingerprint density at radius 3 is 2.29 bits per heavy atom. The zero-order chi connectivity index (χ0) is 15.6. The van der Waals surface area contributed by atoms with Gasteiger partial charge in [-0.05, 0) is 61.7 Å². The second-order valence-corrected chi connectivity index (χ2v) is 7.18. The van der Waals surface area contributed by atoms with Crippen molar-refractivity contribution < 1.29 is 0 Å². The van der Waals surface area contributed by atoms with Gasteiger partial charge in [-0.1, -0.05) is 62.5 Å². The van der Waals surface area contributed by atoms with Crippen LogP contribution in [0.15, 0.2) is 39.3 Å². The van der Waals surface area contributed by atoms with Gasteiger partial charge in [-0.3, -0.25) is 0 Å². The van der Waals surface area contributed by atoms with E-state index in [0.29, 0.717) is 0 Å². The first-order valence-electron chi connectivity index (χ1n) is 7.20. The fraction of sp³-hybridized carbons (Fsp3) is 0.333. The molecule has 0 aliphatic heterocycles. The molecule has 0 spiro atoms. The minimum absolute atomic E-state index is 0.205. The molecule has 2 aromatic carbocycles. The first kappa shape index (κ1) is 16.7. The van der Waals surface area contributed by atoms with Gasteiger partial charge in [0.05, 0.1) is 6.04 Å². The number of rotatable bonds is 4. The summed E-state index contributed by atoms with van der Waals surface area (Å²) in [6.07, 6.45) is 0. The van der Waals surface area contributed by atoms with Crippen molar-refractivity contribution in [2.24, 2.45) is 0 Å². The van der Waals surface area contributed by atoms with Crippen LogP contribution in [0.5, 0.6) is 0 Å². The van der Waals surface area contributed by atoms with Crippen molar-refractivity contribution in [2.75, 3.05) is 6.54 Å². The molecule has 0 saturated carbocycles. The Balaban J connectivity index is 2.58. The molecule has 1 unspecified atom stereocenters. The Morgan fingerprint density at radius 2 is 1.62 bits per heavy atom. The highest BCUT2D eigenvalue weighted by Crippen LogP contribution is 2.33. The van der Waals surface area contributed by atoms with Crippen LogP contribution in [0.25, 0.3) is 0 Å². The Bertz CT molecular complexity index is 650. The number of benzene rings is 2. The summed E-state index contributed by atoms with van der Waals surface area (Å²) in [6, 6.07) is 11.2. The number of nitrogens with one attached hydrogen (secondary N) is 1. The van der Waals surface area contributed by atoms with Crippen molar-refractivity contribution >= 4 is 31.9 Å². The Kier molecular flexibility index (Phi) is 5.64. The molecule has 21 heavy (non-hydrogen) atoms. The smallest absolute Gasteiger partial charge is 0.0590 e. The van der Waals surface area contributed by atoms with Crippen LogP contribution in [-0.4, -0.2) is 6.54 Å². The van der Waals surface area contributed by atoms with Gasteiger partial charge in [0.1, 0.15) is 0 Å². The fourth-order valence-electron chi connectivity index (χ4n) is 2.59. The maximum absolute atomic E-state index is 3.71. The predicted molar refractivity (Wildman–Crippen MR) is 98.0 cm³/mol. The summed E-state index contributed by atoms with van der Waals surface area (Å²) in [4.78, 5) is 0. The third-order valence-corrected chi connectivity index (χ3v) is 5.31. The topological polar surface area (TPSA) is 12.0 Å². The second-order valence-electron chi connectivity index (χ2n) is 5.47. The molecule has 0 amide bonds. The van der Waals surface area contributed by atoms with E-state index in [4.69, 9.17) is 0 Å². The lowest BCUT2D eigenvalue weighted by Crippen LogP contribution is -2.23. The van der Waals surface area contributed by atoms with Crippen molar-refractivity contribution in [3.8, 4) is 0 Å². The van der Waals surface area contributed by atoms with Gasteiger partial charge < -0.3 is 5.32 Å². The van der Waals surface area contributed by atoms with Crippen molar-refractivity contribution in [2.45, 2.75) is 33.7 Å². The zero-order valence-corrected chi connectivity index (χ0v) is 16.1. The number of aryl methyl sites for hydroxylation is 3. The van der Waals surface area contributed by atoms with Crippen molar-refractivity contribution in [1.29, 1.82) is 0 Å². The molecule has 3 heteroatoms. The van der Waals surface area contributed by atoms with Crippen LogP contribution in [0, 0.1) is 20.8 Å². The molecule has 0 aliphatic rings. The molecule has 2 rings (SSSR count). The van der Waals surface area contributed by atoms with Crippen LogP contribution < -0.4 is 5.32 Å². The zero-order valence-electron chi connectivity index (χ0n) is 12.9. The summed E-state index contributed by atoms with van der Waals surface area (Å²) in [7, 11) is 0. The van der Waals surface area contributed by atoms with E-state index in [1.807, 2.05) is 0 Å². The highest BCUT2D eigenvalue weighted by molar-refractivity contribution is 9.10. The van der Waals surface area contributed by atoms with E-state index < -0.39 is 0 Å². The monoisotopic (exact) mass is 409 g/mol. The van der Waals surface area contributed by atoms with Crippen LogP contribution in [0.2, 0.25) is 0 Å². The van der Waals surface area contributed by atoms with Crippen molar-refractivity contribution in [3.63, 3.8) is 0 Å². The number of hydrogen-bond donors (Lipinski definition) is 1. The van der Waals surface area contributed by atoms with Crippen molar-refractivity contribution in [3.05, 3.63) is 67.1 Å². The third kappa shape index (κ3) is 3.77. The third-order valence-electron chi connectivity index (χ3n) is 3.73. The van der Waals surface area contributed by atoms with Crippen LogP contribution in [0.4, 0.5) is 0 Å². The minimum Gasteiger partial charge on any atom is -0.306 e. The van der Waals surface area contributed by atoms with Crippen molar-refractivity contribution in [1.82, 2.24) is 5.32 Å². The summed E-state index contributed by atoms with van der Waals surface area (Å²) in [5, 5.41) is 3.63. The second kappa shape index (κ2) is 7.08. The quantitative estimate of drug-likeness (QED) is 0.667. The predicted octanol–water partition coefficient (Wildman–Crippen LogP) is 5.84. The van der Waals surface area contributed by atoms with Gasteiger partial charge in [0, 0.05) is 8.95 Å². The van der Waals surface area contributed by atoms with Crippen LogP contribution >= 0.6 is 31.9 Å². The lowest BCUT2D eigenvalue weighted by molar-refractivity contribution is 0.624. The molecular formula is C18H21Br2N. The average molecular weight is 411 g/mol. The molecule has 0 bridgehead atoms. The minimum atomic E-state index is 0.205. The van der Waals surface area contributed by atoms with E-state index in [0.717, 1.165) is 11.0 Å². The lowest BCUT2D eigenvalue weighted by atomic mass is 9.92. The van der Waals surface area contributed by atoms with Gasteiger partial charge >= 0.3 is 0 Å². The van der Waals surface area contributed by atoms with E-state index >= 15 is 0 Å². The molecule has 1 nitrogen and oxygen atoms in total. The van der Waals surface area contributed by atoms with Gasteiger partial charge in [0.2, 0.25) is 0 Å². The summed E-state index contributed by atoms with van der Waals surface area (Å²) >= 11 is 7.33. The summed E-state index contributed by atoms with van der Waals surface area (Å²) in [5.41, 5.74) is 6.47. The standard InChI is InChI=1S/C18H21Br2N/c1-5-21-18(15-8-11(2)6-7-16(15)19)14-9-13(4)17(20)10-12(14)3/h6-10,18,21H,5H2,1-4H3. The molecule has 0 aromatic heterocycles. The van der Waals surface area contributed by atoms with E-state index in [2.05, 4.69) is 95.2 Å². The van der Waals surface area contributed by atoms with Gasteiger partial charge in [0.25, 0.3) is 0 Å². The molecule has 0 fully saturated rings. The van der Waals surface area contributed by atoms with Crippen LogP contribution in [0.3, 0.4) is 0 Å². The Hall–Kier alpha value is -0.640. The van der Waals surface area contributed by atoms with Gasteiger partial charge in [-0.15, -0.1) is 0 Å². The van der Waals surface area contributed by atoms with Gasteiger partial charge in [-0.25, -0.2) is 0 Å². The molecule has 0 radical (unpaired) electrons. The summed E-state index contributed by atoms with van der Waals surface area (Å²) < 4.78 is 2.32. The normalized spacial score (nSPS) is 12.5. The highest BCUT2D eigenvalue weighted by atomic mass is 79.9. The molecule has 0 aliphatic carbocycles. The highest BCUT2D eigenvalue weighted by Gasteiger charge is 2.18. The first-order chi connectivity index (χ1) is 9.93. The SMILES string of the molecule is CCNC(c1cc(C)c(Br)cc1C)c1cc(C)ccc1Br. The molecule has 2 aromatic rings. The fourth-order valence-corrected chi connectivity index (χ4v) is 3.52. The Labute approximate surface area is 144 Å². The number of halogens is 2. The van der Waals surface area contributed by atoms with E-state index in [1.165, 1.54) is 32.3 Å². The van der Waals surface area contributed by atoms with Gasteiger partial charge in [-0.2, -0.15) is 0 Å². The average Bonchev–Trinajstić information content (AvgIpc) is 2.43. The lowest BCUT2D eigenvalue weighted by Gasteiger charge is -2.23. The molecule has 1 N–H and O–H groups in total. The van der Waals surface area contributed by atoms with Gasteiger partial charge in [0.15, 0.2) is 0 Å². The largest absolute Gasteiger partial charge is 0.306 e. The van der Waals surface area contributed by atoms with E-state index in [9.17, 15) is 0 Å². The molecule has 112 valence electrons. The Morgan fingerprint density at radius 1 is 0.905 bits per heavy atom.